The van der Waals surface area contributed by atoms with Crippen LogP contribution in [-0.2, 0) is 0 Å². The number of nitrogens with one attached hydrogen (secondary N) is 1. The molecule has 2 aliphatic carbocycles. The quantitative estimate of drug-likeness (QED) is 0.874. The van der Waals surface area contributed by atoms with Crippen LogP contribution in [-0.4, -0.2) is 17.1 Å². The van der Waals surface area contributed by atoms with E-state index >= 15 is 0 Å². The monoisotopic (exact) mass is 273 g/mol. The Hall–Kier alpha value is -1.51. The van der Waals surface area contributed by atoms with Gasteiger partial charge in [-0.15, -0.1) is 0 Å². The highest BCUT2D eigenvalue weighted by atomic mass is 16.4. The SMILES string of the molecule is Cc1cccc(C(=O)O)c1NC(C)C1CC2CCC1C2. The highest BCUT2D eigenvalue weighted by molar-refractivity contribution is 5.95. The van der Waals surface area contributed by atoms with Gasteiger partial charge in [0.05, 0.1) is 11.3 Å². The minimum absolute atomic E-state index is 0.351. The summed E-state index contributed by atoms with van der Waals surface area (Å²) in [6.45, 7) is 4.19. The van der Waals surface area contributed by atoms with Gasteiger partial charge in [-0.05, 0) is 62.5 Å². The van der Waals surface area contributed by atoms with Gasteiger partial charge >= 0.3 is 5.97 Å². The molecular formula is C17H23NO2. The van der Waals surface area contributed by atoms with Gasteiger partial charge in [-0.1, -0.05) is 18.6 Å². The molecule has 2 saturated carbocycles. The Kier molecular flexibility index (Phi) is 3.45. The molecule has 20 heavy (non-hydrogen) atoms. The number of aryl methyl sites for hydroxylation is 1. The minimum Gasteiger partial charge on any atom is -0.478 e. The van der Waals surface area contributed by atoms with E-state index in [-0.39, 0.29) is 0 Å². The summed E-state index contributed by atoms with van der Waals surface area (Å²) in [6, 6.07) is 5.82. The molecule has 1 aromatic rings. The van der Waals surface area contributed by atoms with E-state index in [0.29, 0.717) is 17.5 Å². The first-order valence-electron chi connectivity index (χ1n) is 7.65. The second kappa shape index (κ2) is 5.12. The van der Waals surface area contributed by atoms with Crippen molar-refractivity contribution in [2.45, 2.75) is 45.6 Å². The zero-order valence-electron chi connectivity index (χ0n) is 12.2. The predicted octanol–water partition coefficient (Wildman–Crippen LogP) is 3.93. The van der Waals surface area contributed by atoms with Crippen LogP contribution in [0.2, 0.25) is 0 Å². The number of anilines is 1. The lowest BCUT2D eigenvalue weighted by Gasteiger charge is -2.30. The van der Waals surface area contributed by atoms with Gasteiger partial charge in [-0.3, -0.25) is 0 Å². The average molecular weight is 273 g/mol. The van der Waals surface area contributed by atoms with Gasteiger partial charge in [-0.2, -0.15) is 0 Å². The van der Waals surface area contributed by atoms with Crippen LogP contribution < -0.4 is 5.32 Å². The molecule has 0 amide bonds. The molecule has 4 atom stereocenters. The van der Waals surface area contributed by atoms with Crippen LogP contribution in [0.5, 0.6) is 0 Å². The minimum atomic E-state index is -0.851. The largest absolute Gasteiger partial charge is 0.478 e. The molecule has 3 nitrogen and oxygen atoms in total. The number of aromatic carboxylic acids is 1. The molecule has 2 aliphatic rings. The summed E-state index contributed by atoms with van der Waals surface area (Å²) in [5.41, 5.74) is 2.20. The lowest BCUT2D eigenvalue weighted by molar-refractivity contribution is 0.0697. The van der Waals surface area contributed by atoms with Crippen LogP contribution in [0.1, 0.15) is 48.5 Å². The number of carboxylic acids is 1. The molecule has 0 heterocycles. The number of benzene rings is 1. The van der Waals surface area contributed by atoms with E-state index in [4.69, 9.17) is 0 Å². The molecule has 108 valence electrons. The highest BCUT2D eigenvalue weighted by Crippen LogP contribution is 2.50. The van der Waals surface area contributed by atoms with E-state index in [2.05, 4.69) is 12.2 Å². The fourth-order valence-corrected chi connectivity index (χ4v) is 4.28. The smallest absolute Gasteiger partial charge is 0.337 e. The molecule has 3 heteroatoms. The van der Waals surface area contributed by atoms with Gasteiger partial charge in [0.1, 0.15) is 0 Å². The van der Waals surface area contributed by atoms with Crippen molar-refractivity contribution in [2.24, 2.45) is 17.8 Å². The third-order valence-corrected chi connectivity index (χ3v) is 5.31. The fourth-order valence-electron chi connectivity index (χ4n) is 4.28. The lowest BCUT2D eigenvalue weighted by atomic mass is 9.83. The van der Waals surface area contributed by atoms with Crippen molar-refractivity contribution in [1.29, 1.82) is 0 Å². The van der Waals surface area contributed by atoms with Crippen LogP contribution in [0.3, 0.4) is 0 Å². The van der Waals surface area contributed by atoms with E-state index in [1.807, 2.05) is 19.1 Å². The standard InChI is InChI=1S/C17H23NO2/c1-10-4-3-5-14(17(19)20)16(10)18-11(2)15-9-12-6-7-13(15)8-12/h3-5,11-13,15,18H,6-9H2,1-2H3,(H,19,20). The maximum Gasteiger partial charge on any atom is 0.337 e. The zero-order valence-corrected chi connectivity index (χ0v) is 12.2. The Labute approximate surface area is 120 Å². The van der Waals surface area contributed by atoms with Gasteiger partial charge < -0.3 is 10.4 Å². The topological polar surface area (TPSA) is 49.3 Å². The van der Waals surface area contributed by atoms with Crippen LogP contribution in [0.25, 0.3) is 0 Å². The van der Waals surface area contributed by atoms with Crippen LogP contribution >= 0.6 is 0 Å². The maximum atomic E-state index is 11.4. The molecule has 0 saturated heterocycles. The molecule has 1 aromatic carbocycles. The van der Waals surface area contributed by atoms with Crippen molar-refractivity contribution in [3.63, 3.8) is 0 Å². The first-order valence-corrected chi connectivity index (χ1v) is 7.65. The Morgan fingerprint density at radius 3 is 2.75 bits per heavy atom. The van der Waals surface area contributed by atoms with Crippen molar-refractivity contribution >= 4 is 11.7 Å². The second-order valence-electron chi connectivity index (χ2n) is 6.57. The van der Waals surface area contributed by atoms with E-state index in [0.717, 1.165) is 23.1 Å². The molecule has 3 rings (SSSR count). The summed E-state index contributed by atoms with van der Waals surface area (Å²) >= 11 is 0. The van der Waals surface area contributed by atoms with Crippen LogP contribution in [0.15, 0.2) is 18.2 Å². The number of hydrogen-bond acceptors (Lipinski definition) is 2. The van der Waals surface area contributed by atoms with E-state index in [1.54, 1.807) is 6.07 Å². The van der Waals surface area contributed by atoms with Gasteiger partial charge in [0.25, 0.3) is 0 Å². The number of fused-ring (bicyclic) bond motifs is 2. The van der Waals surface area contributed by atoms with Crippen LogP contribution in [0, 0.1) is 24.7 Å². The summed E-state index contributed by atoms with van der Waals surface area (Å²) in [5, 5.41) is 12.8. The molecule has 0 aliphatic heterocycles. The third kappa shape index (κ3) is 2.30. The Morgan fingerprint density at radius 1 is 1.35 bits per heavy atom. The van der Waals surface area contributed by atoms with E-state index < -0.39 is 5.97 Å². The number of hydrogen-bond donors (Lipinski definition) is 2. The predicted molar refractivity (Wildman–Crippen MR) is 80.2 cm³/mol. The van der Waals surface area contributed by atoms with Gasteiger partial charge in [0.15, 0.2) is 0 Å². The van der Waals surface area contributed by atoms with Gasteiger partial charge in [0.2, 0.25) is 0 Å². The highest BCUT2D eigenvalue weighted by Gasteiger charge is 2.41. The summed E-state index contributed by atoms with van der Waals surface area (Å²) in [6.07, 6.45) is 5.46. The lowest BCUT2D eigenvalue weighted by Crippen LogP contribution is -2.30. The van der Waals surface area contributed by atoms with Crippen LogP contribution in [0.4, 0.5) is 5.69 Å². The molecule has 2 bridgehead atoms. The molecule has 0 radical (unpaired) electrons. The number of para-hydroxylation sites is 1. The van der Waals surface area contributed by atoms with Crippen molar-refractivity contribution in [1.82, 2.24) is 0 Å². The Morgan fingerprint density at radius 2 is 2.15 bits per heavy atom. The van der Waals surface area contributed by atoms with Crippen molar-refractivity contribution in [2.75, 3.05) is 5.32 Å². The maximum absolute atomic E-state index is 11.4. The number of rotatable bonds is 4. The summed E-state index contributed by atoms with van der Waals surface area (Å²) in [4.78, 5) is 11.4. The van der Waals surface area contributed by atoms with Gasteiger partial charge in [-0.25, -0.2) is 4.79 Å². The summed E-state index contributed by atoms with van der Waals surface area (Å²) in [5.74, 6) is 1.62. The third-order valence-electron chi connectivity index (χ3n) is 5.31. The molecule has 0 spiro atoms. The Balaban J connectivity index is 1.79. The number of carboxylic acid groups (broad SMARTS) is 1. The molecule has 4 unspecified atom stereocenters. The molecule has 2 N–H and O–H groups in total. The second-order valence-corrected chi connectivity index (χ2v) is 6.57. The van der Waals surface area contributed by atoms with Crippen molar-refractivity contribution < 1.29 is 9.90 Å². The Bertz CT molecular complexity index is 526. The zero-order chi connectivity index (χ0) is 14.3. The van der Waals surface area contributed by atoms with E-state index in [9.17, 15) is 9.90 Å². The summed E-state index contributed by atoms with van der Waals surface area (Å²) in [7, 11) is 0. The van der Waals surface area contributed by atoms with Gasteiger partial charge in [0, 0.05) is 6.04 Å². The first-order chi connectivity index (χ1) is 9.56. The average Bonchev–Trinajstić information content (AvgIpc) is 3.03. The summed E-state index contributed by atoms with van der Waals surface area (Å²) < 4.78 is 0. The fraction of sp³-hybridized carbons (Fsp3) is 0.588. The van der Waals surface area contributed by atoms with E-state index in [1.165, 1.54) is 25.7 Å². The first kappa shape index (κ1) is 13.5. The van der Waals surface area contributed by atoms with Crippen molar-refractivity contribution in [3.05, 3.63) is 29.3 Å². The van der Waals surface area contributed by atoms with Crippen molar-refractivity contribution in [3.8, 4) is 0 Å². The molecular weight excluding hydrogens is 250 g/mol. The number of carbonyl (C=O) groups is 1. The molecule has 2 fully saturated rings. The molecule has 0 aromatic heterocycles. The normalized spacial score (nSPS) is 29.4.